The number of rotatable bonds is 11. The molecule has 0 aliphatic rings. The highest BCUT2D eigenvalue weighted by Crippen LogP contribution is 2.18. The zero-order valence-corrected chi connectivity index (χ0v) is 23.2. The van der Waals surface area contributed by atoms with Gasteiger partial charge in [0.25, 0.3) is 6.43 Å². The van der Waals surface area contributed by atoms with Crippen LogP contribution in [-0.4, -0.2) is 87.4 Å². The highest BCUT2D eigenvalue weighted by molar-refractivity contribution is 4.57. The molecule has 0 amide bonds. The van der Waals surface area contributed by atoms with Gasteiger partial charge < -0.3 is 23.7 Å². The summed E-state index contributed by atoms with van der Waals surface area (Å²) in [4.78, 5) is 0. The summed E-state index contributed by atoms with van der Waals surface area (Å²) < 4.78 is 110. The van der Waals surface area contributed by atoms with E-state index < -0.39 is 38.4 Å². The molecule has 0 N–H and O–H groups in total. The van der Waals surface area contributed by atoms with Gasteiger partial charge in [0.15, 0.2) is 0 Å². The third-order valence-electron chi connectivity index (χ3n) is 2.97. The highest BCUT2D eigenvalue weighted by atomic mass is 19.4. The van der Waals surface area contributed by atoms with Crippen LogP contribution in [0.1, 0.15) is 59.8 Å². The van der Waals surface area contributed by atoms with E-state index in [4.69, 9.17) is 9.47 Å². The van der Waals surface area contributed by atoms with Crippen molar-refractivity contribution >= 4 is 0 Å². The van der Waals surface area contributed by atoms with E-state index in [2.05, 4.69) is 41.9 Å². The van der Waals surface area contributed by atoms with Crippen LogP contribution in [0.5, 0.6) is 0 Å². The standard InChI is InChI=1S/C7H16O.C6H14O.C4H7F3O.C3H5F3O.C3H6F2O/c1-3-4-5-6-7-8-2;1-6(2,3)5-7-4;1-8-3-2-4(5,6)7;1-7-2-3(4,5)6;1-6-2-3(4)5/h3-7H2,1-2H3;5H2,1-4H3;2-3H2,1H3;2H2,1H3;3H,2H2,1H3. The fraction of sp³-hybridized carbons (Fsp3) is 1.00. The highest BCUT2D eigenvalue weighted by Gasteiger charge is 2.26. The number of methoxy groups -OCH3 is 5. The molecule has 0 aromatic heterocycles. The summed E-state index contributed by atoms with van der Waals surface area (Å²) in [6.45, 7) is 8.57. The monoisotopic (exact) mass is 556 g/mol. The Bertz CT molecular complexity index is 366. The summed E-state index contributed by atoms with van der Waals surface area (Å²) in [7, 11) is 6.97. The lowest BCUT2D eigenvalue weighted by Crippen LogP contribution is -2.14. The van der Waals surface area contributed by atoms with Crippen LogP contribution < -0.4 is 0 Å². The van der Waals surface area contributed by atoms with Crippen molar-refractivity contribution in [1.29, 1.82) is 0 Å². The van der Waals surface area contributed by atoms with E-state index in [9.17, 15) is 35.1 Å². The zero-order valence-electron chi connectivity index (χ0n) is 23.2. The van der Waals surface area contributed by atoms with Crippen LogP contribution in [0.3, 0.4) is 0 Å². The minimum atomic E-state index is -4.17. The molecule has 0 aliphatic carbocycles. The molecule has 0 bridgehead atoms. The molecule has 0 fully saturated rings. The lowest BCUT2D eigenvalue weighted by Gasteiger charge is -2.15. The number of alkyl halides is 8. The Labute approximate surface area is 212 Å². The van der Waals surface area contributed by atoms with Gasteiger partial charge in [-0.3, -0.25) is 0 Å². The number of unbranched alkanes of at least 4 members (excludes halogenated alkanes) is 3. The lowest BCUT2D eigenvalue weighted by molar-refractivity contribution is -0.167. The molecule has 226 valence electrons. The molecular weight excluding hydrogens is 508 g/mol. The van der Waals surface area contributed by atoms with Crippen molar-refractivity contribution in [2.45, 2.75) is 78.6 Å². The number of hydrogen-bond donors (Lipinski definition) is 0. The van der Waals surface area contributed by atoms with Gasteiger partial charge in [-0.25, -0.2) is 8.78 Å². The van der Waals surface area contributed by atoms with Crippen molar-refractivity contribution in [3.05, 3.63) is 0 Å². The van der Waals surface area contributed by atoms with E-state index in [1.54, 1.807) is 14.2 Å². The van der Waals surface area contributed by atoms with E-state index in [1.807, 2.05) is 0 Å². The van der Waals surface area contributed by atoms with Crippen LogP contribution in [0.4, 0.5) is 35.1 Å². The van der Waals surface area contributed by atoms with Gasteiger partial charge in [-0.2, -0.15) is 26.3 Å². The van der Waals surface area contributed by atoms with Crippen molar-refractivity contribution in [2.24, 2.45) is 5.41 Å². The van der Waals surface area contributed by atoms with Crippen molar-refractivity contribution in [3.8, 4) is 0 Å². The summed E-state index contributed by atoms with van der Waals surface area (Å²) in [5.74, 6) is 0. The van der Waals surface area contributed by atoms with Gasteiger partial charge in [0.2, 0.25) is 0 Å². The second kappa shape index (κ2) is 30.5. The average Bonchev–Trinajstić information content (AvgIpc) is 2.69. The summed E-state index contributed by atoms with van der Waals surface area (Å²) in [5.41, 5.74) is 0.328. The molecule has 0 aliphatic heterocycles. The first kappa shape index (κ1) is 45.2. The van der Waals surface area contributed by atoms with Crippen LogP contribution in [0, 0.1) is 5.41 Å². The molecule has 0 heterocycles. The summed E-state index contributed by atoms with van der Waals surface area (Å²) in [6, 6.07) is 0. The van der Waals surface area contributed by atoms with E-state index in [0.29, 0.717) is 5.41 Å². The van der Waals surface area contributed by atoms with Crippen LogP contribution >= 0.6 is 0 Å². The minimum Gasteiger partial charge on any atom is -0.385 e. The Morgan fingerprint density at radius 2 is 1.06 bits per heavy atom. The summed E-state index contributed by atoms with van der Waals surface area (Å²) in [6.07, 6.45) is -6.22. The Balaban J connectivity index is -0.000000112. The maximum absolute atomic E-state index is 11.2. The van der Waals surface area contributed by atoms with Crippen LogP contribution in [0.25, 0.3) is 0 Å². The SMILES string of the molecule is CCCCCCOC.COCC(C)(C)C.COCC(F)(F)F.COCC(F)F.COCCC(F)(F)F. The predicted octanol–water partition coefficient (Wildman–Crippen LogP) is 7.57. The second-order valence-electron chi connectivity index (χ2n) is 8.30. The normalized spacial score (nSPS) is 11.2. The molecule has 5 nitrogen and oxygen atoms in total. The van der Waals surface area contributed by atoms with E-state index in [1.165, 1.54) is 39.9 Å². The van der Waals surface area contributed by atoms with Gasteiger partial charge in [-0.1, -0.05) is 47.0 Å². The molecular formula is C23H48F8O5. The molecule has 0 spiro atoms. The molecule has 36 heavy (non-hydrogen) atoms. The van der Waals surface area contributed by atoms with Gasteiger partial charge in [-0.05, 0) is 11.8 Å². The molecule has 13 heteroatoms. The fourth-order valence-corrected chi connectivity index (χ4v) is 1.61. The lowest BCUT2D eigenvalue weighted by atomic mass is 9.99. The molecule has 0 atom stereocenters. The van der Waals surface area contributed by atoms with Crippen LogP contribution in [0.2, 0.25) is 0 Å². The maximum Gasteiger partial charge on any atom is 0.411 e. The van der Waals surface area contributed by atoms with Crippen molar-refractivity contribution in [3.63, 3.8) is 0 Å². The smallest absolute Gasteiger partial charge is 0.385 e. The van der Waals surface area contributed by atoms with Gasteiger partial charge in [0, 0.05) is 42.2 Å². The molecule has 0 saturated heterocycles. The van der Waals surface area contributed by atoms with E-state index >= 15 is 0 Å². The van der Waals surface area contributed by atoms with Crippen molar-refractivity contribution in [1.82, 2.24) is 0 Å². The third-order valence-corrected chi connectivity index (χ3v) is 2.97. The predicted molar refractivity (Wildman–Crippen MR) is 126 cm³/mol. The Morgan fingerprint density at radius 3 is 1.19 bits per heavy atom. The van der Waals surface area contributed by atoms with Gasteiger partial charge in [0.1, 0.15) is 13.2 Å². The Hall–Kier alpha value is -0.760. The molecule has 0 aromatic carbocycles. The first-order chi connectivity index (χ1) is 16.4. The largest absolute Gasteiger partial charge is 0.411 e. The molecule has 0 rings (SSSR count). The average molecular weight is 557 g/mol. The number of halogens is 8. The first-order valence-electron chi connectivity index (χ1n) is 11.2. The topological polar surface area (TPSA) is 46.2 Å². The molecule has 0 aromatic rings. The van der Waals surface area contributed by atoms with Gasteiger partial charge in [-0.15, -0.1) is 0 Å². The third kappa shape index (κ3) is 84.3. The van der Waals surface area contributed by atoms with E-state index in [-0.39, 0.29) is 6.61 Å². The van der Waals surface area contributed by atoms with Gasteiger partial charge >= 0.3 is 12.4 Å². The second-order valence-corrected chi connectivity index (χ2v) is 8.30. The molecule has 0 unspecified atom stereocenters. The number of hydrogen-bond acceptors (Lipinski definition) is 5. The molecule has 0 radical (unpaired) electrons. The fourth-order valence-electron chi connectivity index (χ4n) is 1.61. The number of ether oxygens (including phenoxy) is 5. The van der Waals surface area contributed by atoms with Crippen molar-refractivity contribution < 1.29 is 58.8 Å². The Kier molecular flexibility index (Phi) is 38.2. The van der Waals surface area contributed by atoms with Gasteiger partial charge in [0.05, 0.1) is 19.6 Å². The summed E-state index contributed by atoms with van der Waals surface area (Å²) in [5, 5.41) is 0. The van der Waals surface area contributed by atoms with Crippen molar-refractivity contribution in [2.75, 3.05) is 68.6 Å². The first-order valence-corrected chi connectivity index (χ1v) is 11.2. The zero-order chi connectivity index (χ0) is 29.7. The van der Waals surface area contributed by atoms with E-state index in [0.717, 1.165) is 20.3 Å². The molecule has 0 saturated carbocycles. The summed E-state index contributed by atoms with van der Waals surface area (Å²) >= 11 is 0. The van der Waals surface area contributed by atoms with Crippen LogP contribution in [-0.2, 0) is 23.7 Å². The maximum atomic E-state index is 11.2. The quantitative estimate of drug-likeness (QED) is 0.194. The minimum absolute atomic E-state index is 0.247. The van der Waals surface area contributed by atoms with Crippen LogP contribution in [0.15, 0.2) is 0 Å². The Morgan fingerprint density at radius 1 is 0.583 bits per heavy atom.